The maximum Gasteiger partial charge on any atom is 0.114 e. The molecule has 0 aromatic rings. The first-order valence-electron chi connectivity index (χ1n) is 2.99. The van der Waals surface area contributed by atoms with Crippen LogP contribution in [0.5, 0.6) is 0 Å². The van der Waals surface area contributed by atoms with Crippen LogP contribution in [0.25, 0.3) is 0 Å². The van der Waals surface area contributed by atoms with Crippen molar-refractivity contribution in [1.29, 1.82) is 0 Å². The molecular weight excluding hydrogens is 120 g/mol. The van der Waals surface area contributed by atoms with Crippen molar-refractivity contribution >= 4 is 0 Å². The summed E-state index contributed by atoms with van der Waals surface area (Å²) in [6.45, 7) is 2.10. The topological polar surface area (TPSA) is 35.9 Å². The summed E-state index contributed by atoms with van der Waals surface area (Å²) in [4.78, 5) is 0. The largest absolute Gasteiger partial charge is 0.395 e. The molecule has 1 fully saturated rings. The molecule has 0 aromatic carbocycles. The molecule has 1 N–H and O–H groups in total. The fourth-order valence-electron chi connectivity index (χ4n) is 0.809. The highest BCUT2D eigenvalue weighted by Crippen LogP contribution is 2.02. The van der Waals surface area contributed by atoms with Gasteiger partial charge >= 0.3 is 0 Å². The van der Waals surface area contributed by atoms with Gasteiger partial charge in [0.25, 0.3) is 0 Å². The summed E-state index contributed by atoms with van der Waals surface area (Å²) in [5.74, 6) is 0. The zero-order chi connectivity index (χ0) is 6.69. The first-order chi connectivity index (χ1) is 4.34. The molecule has 4 heteroatoms. The summed E-state index contributed by atoms with van der Waals surface area (Å²) in [7, 11) is 1.93. The Balaban J connectivity index is 2.22. The minimum absolute atomic E-state index is 0.188. The third-order valence-corrected chi connectivity index (χ3v) is 1.36. The Bertz CT molecular complexity index is 89.0. The molecule has 9 heavy (non-hydrogen) atoms. The molecule has 0 aromatic heterocycles. The minimum Gasteiger partial charge on any atom is -0.395 e. The van der Waals surface area contributed by atoms with E-state index in [1.165, 1.54) is 0 Å². The lowest BCUT2D eigenvalue weighted by Gasteiger charge is -2.19. The van der Waals surface area contributed by atoms with Gasteiger partial charge in [0, 0.05) is 13.6 Å². The predicted octanol–water partition coefficient (Wildman–Crippen LogP) is -0.927. The second kappa shape index (κ2) is 3.12. The number of nitrogens with zero attached hydrogens (tertiary/aromatic N) is 2. The first kappa shape index (κ1) is 6.95. The van der Waals surface area contributed by atoms with Gasteiger partial charge in [-0.05, 0) is 0 Å². The maximum atomic E-state index is 8.52. The molecule has 0 amide bonds. The fourth-order valence-corrected chi connectivity index (χ4v) is 0.809. The van der Waals surface area contributed by atoms with Gasteiger partial charge in [0.2, 0.25) is 0 Å². The predicted molar refractivity (Wildman–Crippen MR) is 32.4 cm³/mol. The van der Waals surface area contributed by atoms with E-state index in [4.69, 9.17) is 9.84 Å². The molecule has 0 spiro atoms. The highest BCUT2D eigenvalue weighted by Gasteiger charge is 2.16. The average molecular weight is 132 g/mol. The van der Waals surface area contributed by atoms with Gasteiger partial charge in [0.05, 0.1) is 6.61 Å². The average Bonchev–Trinajstić information content (AvgIpc) is 2.18. The second-order valence-electron chi connectivity index (χ2n) is 2.07. The van der Waals surface area contributed by atoms with Crippen molar-refractivity contribution in [2.24, 2.45) is 0 Å². The van der Waals surface area contributed by atoms with E-state index in [1.807, 2.05) is 17.1 Å². The van der Waals surface area contributed by atoms with Gasteiger partial charge in [0.1, 0.15) is 13.5 Å². The van der Waals surface area contributed by atoms with Crippen LogP contribution in [0.3, 0.4) is 0 Å². The number of hydrogen-bond donors (Lipinski definition) is 1. The lowest BCUT2D eigenvalue weighted by atomic mass is 10.7. The van der Waals surface area contributed by atoms with Crippen LogP contribution in [0.15, 0.2) is 0 Å². The summed E-state index contributed by atoms with van der Waals surface area (Å²) in [6.07, 6.45) is 0. The van der Waals surface area contributed by atoms with E-state index in [-0.39, 0.29) is 6.61 Å². The molecule has 54 valence electrons. The second-order valence-corrected chi connectivity index (χ2v) is 2.07. The Hall–Kier alpha value is -0.160. The molecule has 1 rings (SSSR count). The highest BCUT2D eigenvalue weighted by atomic mass is 16.5. The van der Waals surface area contributed by atoms with Gasteiger partial charge in [-0.25, -0.2) is 10.0 Å². The van der Waals surface area contributed by atoms with Crippen molar-refractivity contribution in [1.82, 2.24) is 10.0 Å². The zero-order valence-corrected chi connectivity index (χ0v) is 5.58. The van der Waals surface area contributed by atoms with Gasteiger partial charge in [-0.1, -0.05) is 0 Å². The molecule has 1 heterocycles. The molecule has 0 aliphatic carbocycles. The van der Waals surface area contributed by atoms with Crippen LogP contribution in [0.1, 0.15) is 0 Å². The number of rotatable bonds is 2. The van der Waals surface area contributed by atoms with Crippen LogP contribution < -0.4 is 0 Å². The third kappa shape index (κ3) is 1.62. The Morgan fingerprint density at radius 3 is 2.78 bits per heavy atom. The number of hydrazine groups is 1. The Labute approximate surface area is 54.6 Å². The molecule has 1 aliphatic heterocycles. The molecule has 0 atom stereocenters. The third-order valence-electron chi connectivity index (χ3n) is 1.36. The van der Waals surface area contributed by atoms with Gasteiger partial charge in [-0.2, -0.15) is 0 Å². The van der Waals surface area contributed by atoms with Gasteiger partial charge in [-0.3, -0.25) is 0 Å². The Morgan fingerprint density at radius 2 is 2.33 bits per heavy atom. The van der Waals surface area contributed by atoms with Crippen molar-refractivity contribution in [2.75, 3.05) is 33.7 Å². The van der Waals surface area contributed by atoms with E-state index in [1.54, 1.807) is 0 Å². The summed E-state index contributed by atoms with van der Waals surface area (Å²) < 4.78 is 5.06. The summed E-state index contributed by atoms with van der Waals surface area (Å²) in [5, 5.41) is 12.4. The van der Waals surface area contributed by atoms with E-state index >= 15 is 0 Å². The van der Waals surface area contributed by atoms with Crippen molar-refractivity contribution in [2.45, 2.75) is 0 Å². The van der Waals surface area contributed by atoms with Crippen molar-refractivity contribution in [3.8, 4) is 0 Å². The summed E-state index contributed by atoms with van der Waals surface area (Å²) in [6, 6.07) is 0. The highest BCUT2D eigenvalue weighted by molar-refractivity contribution is 4.49. The van der Waals surface area contributed by atoms with Gasteiger partial charge < -0.3 is 9.84 Å². The molecule has 0 saturated carbocycles. The van der Waals surface area contributed by atoms with Crippen molar-refractivity contribution in [3.05, 3.63) is 0 Å². The van der Waals surface area contributed by atoms with Crippen LogP contribution in [-0.2, 0) is 4.74 Å². The number of aliphatic hydroxyl groups excluding tert-OH is 1. The van der Waals surface area contributed by atoms with E-state index in [9.17, 15) is 0 Å². The Morgan fingerprint density at radius 1 is 1.56 bits per heavy atom. The lowest BCUT2D eigenvalue weighted by Crippen LogP contribution is -2.35. The van der Waals surface area contributed by atoms with Crippen LogP contribution in [0.4, 0.5) is 0 Å². The van der Waals surface area contributed by atoms with E-state index in [0.29, 0.717) is 20.0 Å². The molecule has 1 aliphatic rings. The van der Waals surface area contributed by atoms with E-state index in [0.717, 1.165) is 0 Å². The number of ether oxygens (including phenoxy) is 1. The van der Waals surface area contributed by atoms with E-state index in [2.05, 4.69) is 0 Å². The monoisotopic (exact) mass is 132 g/mol. The van der Waals surface area contributed by atoms with Gasteiger partial charge in [0.15, 0.2) is 0 Å². The Kier molecular flexibility index (Phi) is 2.41. The van der Waals surface area contributed by atoms with Crippen LogP contribution in [-0.4, -0.2) is 48.8 Å². The maximum absolute atomic E-state index is 8.52. The standard InChI is InChI=1S/C5H12N2O2/c1-6-4-9-5-7(6)2-3-8/h8H,2-5H2,1H3. The fraction of sp³-hybridized carbons (Fsp3) is 1.00. The normalized spacial score (nSPS) is 23.3. The first-order valence-corrected chi connectivity index (χ1v) is 2.99. The van der Waals surface area contributed by atoms with Crippen LogP contribution in [0.2, 0.25) is 0 Å². The molecule has 0 radical (unpaired) electrons. The number of hydrogen-bond acceptors (Lipinski definition) is 4. The lowest BCUT2D eigenvalue weighted by molar-refractivity contribution is 0.0374. The van der Waals surface area contributed by atoms with Gasteiger partial charge in [-0.15, -0.1) is 0 Å². The smallest absolute Gasteiger partial charge is 0.114 e. The van der Waals surface area contributed by atoms with Crippen molar-refractivity contribution < 1.29 is 9.84 Å². The molecule has 0 unspecified atom stereocenters. The van der Waals surface area contributed by atoms with Crippen molar-refractivity contribution in [3.63, 3.8) is 0 Å². The minimum atomic E-state index is 0.188. The van der Waals surface area contributed by atoms with Crippen LogP contribution in [0, 0.1) is 0 Å². The quantitative estimate of drug-likeness (QED) is 0.526. The van der Waals surface area contributed by atoms with E-state index < -0.39 is 0 Å². The number of aliphatic hydroxyl groups is 1. The SMILES string of the molecule is CN1COCN1CCO. The summed E-state index contributed by atoms with van der Waals surface area (Å²) in [5.41, 5.74) is 0. The molecule has 1 saturated heterocycles. The zero-order valence-electron chi connectivity index (χ0n) is 5.58. The molecule has 0 bridgehead atoms. The van der Waals surface area contributed by atoms with Crippen LogP contribution >= 0.6 is 0 Å². The molecular formula is C5H12N2O2. The number of β-amino-alcohol motifs (C(OH)–C–C–N with tert-alkyl or cyclic N) is 1. The molecule has 4 nitrogen and oxygen atoms in total. The summed E-state index contributed by atoms with van der Waals surface area (Å²) >= 11 is 0.